The van der Waals surface area contributed by atoms with E-state index in [1.807, 2.05) is 0 Å². The van der Waals surface area contributed by atoms with Crippen molar-refractivity contribution in [1.82, 2.24) is 0 Å². The van der Waals surface area contributed by atoms with Crippen molar-refractivity contribution in [3.8, 4) is 0 Å². The molecule has 4 N–H and O–H groups in total. The van der Waals surface area contributed by atoms with Gasteiger partial charge < -0.3 is 20.4 Å². The monoisotopic (exact) mass is 222 g/mol. The Hall–Kier alpha value is -1.40. The molecule has 6 nitrogen and oxygen atoms in total. The first-order chi connectivity index (χ1) is 6.77. The van der Waals surface area contributed by atoms with E-state index in [0.717, 1.165) is 0 Å². The Morgan fingerprint density at radius 2 is 1.40 bits per heavy atom. The normalized spacial score (nSPS) is 12.0. The number of aliphatic hydroxyl groups is 2. The van der Waals surface area contributed by atoms with Gasteiger partial charge in [-0.15, -0.1) is 13.2 Å². The van der Waals surface area contributed by atoms with Crippen molar-refractivity contribution in [2.24, 2.45) is 0 Å². The topological polar surface area (TPSA) is 115 Å². The molecule has 0 saturated heterocycles. The molecule has 0 radical (unpaired) electrons. The Labute approximate surface area is 88.5 Å². The third kappa shape index (κ3) is 32.5. The van der Waals surface area contributed by atoms with Gasteiger partial charge in [0.25, 0.3) is 0 Å². The molecule has 2 unspecified atom stereocenters. The number of carbonyl (C=O) groups is 2. The van der Waals surface area contributed by atoms with Gasteiger partial charge in [-0.25, -0.2) is 4.79 Å². The first-order valence-corrected chi connectivity index (χ1v) is 4.08. The van der Waals surface area contributed by atoms with E-state index in [9.17, 15) is 9.59 Å². The predicted molar refractivity (Wildman–Crippen MR) is 54.5 cm³/mol. The van der Waals surface area contributed by atoms with Gasteiger partial charge in [0, 0.05) is 0 Å². The van der Waals surface area contributed by atoms with Crippen molar-refractivity contribution in [2.75, 3.05) is 0 Å². The molecule has 0 fully saturated rings. The summed E-state index contributed by atoms with van der Waals surface area (Å²) >= 11 is 0. The van der Waals surface area contributed by atoms with Gasteiger partial charge in [0.05, 0.1) is 12.5 Å². The van der Waals surface area contributed by atoms with Crippen molar-refractivity contribution in [3.05, 3.63) is 13.2 Å². The summed E-state index contributed by atoms with van der Waals surface area (Å²) < 4.78 is 0. The highest BCUT2D eigenvalue weighted by Crippen LogP contribution is 1.85. The van der Waals surface area contributed by atoms with Gasteiger partial charge in [-0.05, 0) is 13.8 Å². The summed E-state index contributed by atoms with van der Waals surface area (Å²) in [6.07, 6.45) is -2.12. The van der Waals surface area contributed by atoms with E-state index in [2.05, 4.69) is 13.2 Å². The molecular weight excluding hydrogens is 204 g/mol. The lowest BCUT2D eigenvalue weighted by atomic mass is 10.3. The van der Waals surface area contributed by atoms with E-state index >= 15 is 0 Å². The largest absolute Gasteiger partial charge is 0.481 e. The molecule has 0 amide bonds. The zero-order valence-corrected chi connectivity index (χ0v) is 8.88. The van der Waals surface area contributed by atoms with Crippen LogP contribution in [-0.2, 0) is 9.59 Å². The Balaban J connectivity index is -0.000000166. The number of aliphatic hydroxyl groups excluding tert-OH is 2. The van der Waals surface area contributed by atoms with Crippen LogP contribution in [0.3, 0.4) is 0 Å². The minimum Gasteiger partial charge on any atom is -0.481 e. The highest BCUT2D eigenvalue weighted by molar-refractivity contribution is 5.71. The maximum absolute atomic E-state index is 9.65. The number of aliphatic carboxylic acids is 2. The third-order valence-electron chi connectivity index (χ3n) is 0.827. The summed E-state index contributed by atoms with van der Waals surface area (Å²) in [6.45, 7) is 8.64. The van der Waals surface area contributed by atoms with Gasteiger partial charge in [-0.1, -0.05) is 0 Å². The van der Waals surface area contributed by atoms with Crippen molar-refractivity contribution in [2.45, 2.75) is 32.5 Å². The van der Waals surface area contributed by atoms with Gasteiger partial charge in [-0.3, -0.25) is 4.79 Å². The zero-order chi connectivity index (χ0) is 13.0. The van der Waals surface area contributed by atoms with Gasteiger partial charge in [0.15, 0.2) is 0 Å². The van der Waals surface area contributed by atoms with E-state index < -0.39 is 24.1 Å². The molecule has 0 aliphatic rings. The van der Waals surface area contributed by atoms with Crippen molar-refractivity contribution in [3.63, 3.8) is 0 Å². The van der Waals surface area contributed by atoms with E-state index in [1.165, 1.54) is 13.8 Å². The van der Waals surface area contributed by atoms with E-state index in [4.69, 9.17) is 20.4 Å². The van der Waals surface area contributed by atoms with Crippen LogP contribution in [0, 0.1) is 0 Å². The van der Waals surface area contributed by atoms with E-state index in [0.29, 0.717) is 0 Å². The number of carboxylic acid groups (broad SMARTS) is 2. The first kappa shape index (κ1) is 19.2. The Kier molecular flexibility index (Phi) is 16.1. The van der Waals surface area contributed by atoms with E-state index in [1.54, 1.807) is 0 Å². The average Bonchev–Trinajstić information content (AvgIpc) is 2.06. The van der Waals surface area contributed by atoms with Crippen LogP contribution in [0.15, 0.2) is 13.2 Å². The number of carboxylic acids is 2. The van der Waals surface area contributed by atoms with Crippen LogP contribution in [0.1, 0.15) is 20.3 Å². The second kappa shape index (κ2) is 12.6. The molecule has 0 bridgehead atoms. The maximum Gasteiger partial charge on any atom is 0.332 e. The van der Waals surface area contributed by atoms with Crippen LogP contribution < -0.4 is 0 Å². The van der Waals surface area contributed by atoms with Crippen LogP contribution in [0.4, 0.5) is 0 Å². The molecule has 0 aliphatic carbocycles. The second-order valence-electron chi connectivity index (χ2n) is 2.46. The SMILES string of the molecule is C=C.CC(O)C(=O)O.CC(O)CC(=O)O. The fourth-order valence-electron chi connectivity index (χ4n) is 0.253. The molecule has 0 aromatic rings. The summed E-state index contributed by atoms with van der Waals surface area (Å²) in [5.74, 6) is -2.15. The summed E-state index contributed by atoms with van der Waals surface area (Å²) in [5, 5.41) is 32.0. The second-order valence-corrected chi connectivity index (χ2v) is 2.46. The molecule has 6 heteroatoms. The van der Waals surface area contributed by atoms with Crippen LogP contribution in [0.2, 0.25) is 0 Å². The smallest absolute Gasteiger partial charge is 0.332 e. The molecule has 15 heavy (non-hydrogen) atoms. The van der Waals surface area contributed by atoms with Crippen LogP contribution >= 0.6 is 0 Å². The molecule has 0 aliphatic heterocycles. The summed E-state index contributed by atoms with van der Waals surface area (Å²) in [6, 6.07) is 0. The number of hydrogen-bond donors (Lipinski definition) is 4. The first-order valence-electron chi connectivity index (χ1n) is 4.08. The minimum atomic E-state index is -1.23. The minimum absolute atomic E-state index is 0.167. The number of hydrogen-bond acceptors (Lipinski definition) is 4. The van der Waals surface area contributed by atoms with Gasteiger partial charge in [0.1, 0.15) is 6.10 Å². The lowest BCUT2D eigenvalue weighted by Gasteiger charge is -1.94. The van der Waals surface area contributed by atoms with Crippen LogP contribution in [0.25, 0.3) is 0 Å². The standard InChI is InChI=1S/C4H8O3.C3H6O3.C2H4/c1-3(5)2-4(6)7;1-2(4)3(5)6;1-2/h3,5H,2H2,1H3,(H,6,7);2,4H,1H3,(H,5,6);1-2H2. The maximum atomic E-state index is 9.65. The highest BCUT2D eigenvalue weighted by Gasteiger charge is 2.01. The van der Waals surface area contributed by atoms with Crippen LogP contribution in [-0.4, -0.2) is 44.6 Å². The summed E-state index contributed by atoms with van der Waals surface area (Å²) in [4.78, 5) is 19.1. The molecular formula is C9H18O6. The molecule has 2 atom stereocenters. The van der Waals surface area contributed by atoms with Crippen molar-refractivity contribution in [1.29, 1.82) is 0 Å². The molecule has 0 spiro atoms. The lowest BCUT2D eigenvalue weighted by Crippen LogP contribution is -2.13. The average molecular weight is 222 g/mol. The Morgan fingerprint density at radius 1 is 1.13 bits per heavy atom. The van der Waals surface area contributed by atoms with Crippen molar-refractivity contribution >= 4 is 11.9 Å². The summed E-state index contributed by atoms with van der Waals surface area (Å²) in [5.41, 5.74) is 0. The fraction of sp³-hybridized carbons (Fsp3) is 0.556. The zero-order valence-electron chi connectivity index (χ0n) is 8.88. The molecule has 0 heterocycles. The van der Waals surface area contributed by atoms with Gasteiger partial charge >= 0.3 is 11.9 Å². The Bertz CT molecular complexity index is 175. The molecule has 0 rings (SSSR count). The quantitative estimate of drug-likeness (QED) is 0.503. The van der Waals surface area contributed by atoms with E-state index in [-0.39, 0.29) is 6.42 Å². The third-order valence-corrected chi connectivity index (χ3v) is 0.827. The fourth-order valence-corrected chi connectivity index (χ4v) is 0.253. The Morgan fingerprint density at radius 3 is 1.40 bits per heavy atom. The predicted octanol–water partition coefficient (Wildman–Crippen LogP) is 0.0959. The number of rotatable bonds is 3. The molecule has 0 aromatic carbocycles. The van der Waals surface area contributed by atoms with Crippen molar-refractivity contribution < 1.29 is 30.0 Å². The van der Waals surface area contributed by atoms with Gasteiger partial charge in [0.2, 0.25) is 0 Å². The highest BCUT2D eigenvalue weighted by atomic mass is 16.4. The lowest BCUT2D eigenvalue weighted by molar-refractivity contribution is -0.145. The van der Waals surface area contributed by atoms with Crippen LogP contribution in [0.5, 0.6) is 0 Å². The molecule has 0 saturated carbocycles. The molecule has 90 valence electrons. The van der Waals surface area contributed by atoms with Gasteiger partial charge in [-0.2, -0.15) is 0 Å². The molecule has 0 aromatic heterocycles. The summed E-state index contributed by atoms with van der Waals surface area (Å²) in [7, 11) is 0.